The zero-order chi connectivity index (χ0) is 17.1. The molecule has 1 aliphatic rings. The summed E-state index contributed by atoms with van der Waals surface area (Å²) in [6, 6.07) is 15.0. The molecule has 0 saturated carbocycles. The molecular weight excluding hydrogens is 314 g/mol. The molecule has 0 bridgehead atoms. The van der Waals surface area contributed by atoms with E-state index in [-0.39, 0.29) is 0 Å². The van der Waals surface area contributed by atoms with Gasteiger partial charge in [0.25, 0.3) is 0 Å². The Bertz CT molecular complexity index is 719. The summed E-state index contributed by atoms with van der Waals surface area (Å²) in [6.45, 7) is 10.3. The maximum absolute atomic E-state index is 5.64. The van der Waals surface area contributed by atoms with Gasteiger partial charge in [-0.05, 0) is 67.9 Å². The van der Waals surface area contributed by atoms with Gasteiger partial charge in [-0.15, -0.1) is 0 Å². The van der Waals surface area contributed by atoms with Crippen molar-refractivity contribution in [2.45, 2.75) is 20.8 Å². The molecule has 1 heterocycles. The van der Waals surface area contributed by atoms with Gasteiger partial charge >= 0.3 is 0 Å². The molecule has 2 aromatic carbocycles. The monoisotopic (exact) mass is 339 g/mol. The van der Waals surface area contributed by atoms with Gasteiger partial charge in [-0.25, -0.2) is 0 Å². The van der Waals surface area contributed by atoms with E-state index in [1.54, 1.807) is 0 Å². The first-order valence-electron chi connectivity index (χ1n) is 8.48. The van der Waals surface area contributed by atoms with E-state index in [9.17, 15) is 0 Å². The highest BCUT2D eigenvalue weighted by Crippen LogP contribution is 2.21. The summed E-state index contributed by atoms with van der Waals surface area (Å²) in [4.78, 5) is 4.68. The highest BCUT2D eigenvalue weighted by molar-refractivity contribution is 7.80. The Morgan fingerprint density at radius 3 is 2.17 bits per heavy atom. The van der Waals surface area contributed by atoms with Crippen molar-refractivity contribution < 1.29 is 0 Å². The first-order chi connectivity index (χ1) is 11.5. The molecule has 24 heavy (non-hydrogen) atoms. The Kier molecular flexibility index (Phi) is 5.05. The lowest BCUT2D eigenvalue weighted by molar-refractivity contribution is 0.391. The van der Waals surface area contributed by atoms with Crippen LogP contribution in [-0.4, -0.2) is 36.2 Å². The highest BCUT2D eigenvalue weighted by atomic mass is 32.1. The standard InChI is InChI=1S/C20H25N3S/c1-15-13-17(3)19(14-16(15)2)21-20(24)23-11-9-22(10-12-23)18-7-5-4-6-8-18/h4-8,13-14H,9-12H2,1-3H3,(H,21,24). The van der Waals surface area contributed by atoms with Crippen LogP contribution in [0.25, 0.3) is 0 Å². The van der Waals surface area contributed by atoms with Crippen molar-refractivity contribution in [2.75, 3.05) is 36.4 Å². The summed E-state index contributed by atoms with van der Waals surface area (Å²) in [6.07, 6.45) is 0. The van der Waals surface area contributed by atoms with Gasteiger partial charge in [0.1, 0.15) is 0 Å². The van der Waals surface area contributed by atoms with Gasteiger partial charge in [0.15, 0.2) is 5.11 Å². The molecule has 1 saturated heterocycles. The van der Waals surface area contributed by atoms with E-state index < -0.39 is 0 Å². The summed E-state index contributed by atoms with van der Waals surface area (Å²) in [7, 11) is 0. The molecule has 0 unspecified atom stereocenters. The molecule has 1 aliphatic heterocycles. The Morgan fingerprint density at radius 1 is 0.875 bits per heavy atom. The normalized spacial score (nSPS) is 14.6. The number of piperazine rings is 1. The zero-order valence-electron chi connectivity index (χ0n) is 14.7. The summed E-state index contributed by atoms with van der Waals surface area (Å²) in [5.41, 5.74) is 6.26. The van der Waals surface area contributed by atoms with Gasteiger partial charge in [0, 0.05) is 37.6 Å². The molecule has 0 radical (unpaired) electrons. The van der Waals surface area contributed by atoms with E-state index in [0.717, 1.165) is 37.0 Å². The Hall–Kier alpha value is -2.07. The first kappa shape index (κ1) is 16.8. The molecule has 126 valence electrons. The lowest BCUT2D eigenvalue weighted by Crippen LogP contribution is -2.50. The van der Waals surface area contributed by atoms with Crippen LogP contribution >= 0.6 is 12.2 Å². The third-order valence-corrected chi connectivity index (χ3v) is 5.13. The number of nitrogens with zero attached hydrogens (tertiary/aromatic N) is 2. The van der Waals surface area contributed by atoms with Crippen molar-refractivity contribution >= 4 is 28.7 Å². The number of aryl methyl sites for hydroxylation is 3. The topological polar surface area (TPSA) is 18.5 Å². The minimum Gasteiger partial charge on any atom is -0.368 e. The fourth-order valence-corrected chi connectivity index (χ4v) is 3.39. The number of benzene rings is 2. The van der Waals surface area contributed by atoms with E-state index >= 15 is 0 Å². The molecule has 0 atom stereocenters. The van der Waals surface area contributed by atoms with Crippen LogP contribution < -0.4 is 10.2 Å². The smallest absolute Gasteiger partial charge is 0.173 e. The summed E-state index contributed by atoms with van der Waals surface area (Å²) in [5, 5.41) is 4.27. The fourth-order valence-electron chi connectivity index (χ4n) is 3.10. The summed E-state index contributed by atoms with van der Waals surface area (Å²) in [5.74, 6) is 0. The molecule has 1 N–H and O–H groups in total. The van der Waals surface area contributed by atoms with Crippen molar-refractivity contribution in [3.8, 4) is 0 Å². The van der Waals surface area contributed by atoms with Crippen LogP contribution in [0, 0.1) is 20.8 Å². The molecule has 3 nitrogen and oxygen atoms in total. The number of hydrogen-bond donors (Lipinski definition) is 1. The van der Waals surface area contributed by atoms with Crippen LogP contribution in [0.3, 0.4) is 0 Å². The number of nitrogens with one attached hydrogen (secondary N) is 1. The lowest BCUT2D eigenvalue weighted by Gasteiger charge is -2.37. The second kappa shape index (κ2) is 7.22. The maximum Gasteiger partial charge on any atom is 0.173 e. The molecular formula is C20H25N3S. The van der Waals surface area contributed by atoms with Gasteiger partial charge in [0.2, 0.25) is 0 Å². The lowest BCUT2D eigenvalue weighted by atomic mass is 10.1. The first-order valence-corrected chi connectivity index (χ1v) is 8.89. The third-order valence-electron chi connectivity index (χ3n) is 4.77. The second-order valence-corrected chi connectivity index (χ2v) is 6.88. The minimum atomic E-state index is 0.828. The van der Waals surface area contributed by atoms with E-state index in [4.69, 9.17) is 12.2 Å². The van der Waals surface area contributed by atoms with Gasteiger partial charge in [-0.3, -0.25) is 0 Å². The Morgan fingerprint density at radius 2 is 1.50 bits per heavy atom. The van der Waals surface area contributed by atoms with Crippen LogP contribution in [0.4, 0.5) is 11.4 Å². The van der Waals surface area contributed by atoms with Crippen LogP contribution in [0.2, 0.25) is 0 Å². The molecule has 0 aliphatic carbocycles. The fraction of sp³-hybridized carbons (Fsp3) is 0.350. The van der Waals surface area contributed by atoms with Crippen molar-refractivity contribution in [3.63, 3.8) is 0 Å². The molecule has 2 aromatic rings. The van der Waals surface area contributed by atoms with Crippen molar-refractivity contribution in [2.24, 2.45) is 0 Å². The zero-order valence-corrected chi connectivity index (χ0v) is 15.5. The van der Waals surface area contributed by atoms with Crippen LogP contribution in [-0.2, 0) is 0 Å². The SMILES string of the molecule is Cc1cc(C)c(NC(=S)N2CCN(c3ccccc3)CC2)cc1C. The largest absolute Gasteiger partial charge is 0.368 e. The van der Waals surface area contributed by atoms with E-state index in [1.807, 2.05) is 0 Å². The molecule has 1 fully saturated rings. The number of thiocarbonyl (C=S) groups is 1. The number of para-hydroxylation sites is 1. The average Bonchev–Trinajstić information content (AvgIpc) is 2.60. The molecule has 0 spiro atoms. The third kappa shape index (κ3) is 3.70. The van der Waals surface area contributed by atoms with Gasteiger partial charge in [-0.2, -0.15) is 0 Å². The number of hydrogen-bond acceptors (Lipinski definition) is 2. The van der Waals surface area contributed by atoms with Crippen molar-refractivity contribution in [1.82, 2.24) is 4.90 Å². The molecule has 3 rings (SSSR count). The minimum absolute atomic E-state index is 0.828. The molecule has 0 amide bonds. The predicted molar refractivity (Wildman–Crippen MR) is 107 cm³/mol. The number of rotatable bonds is 2. The molecule has 0 aromatic heterocycles. The van der Waals surface area contributed by atoms with Crippen molar-refractivity contribution in [3.05, 3.63) is 59.2 Å². The summed E-state index contributed by atoms with van der Waals surface area (Å²) >= 11 is 5.64. The predicted octanol–water partition coefficient (Wildman–Crippen LogP) is 4.13. The van der Waals surface area contributed by atoms with Gasteiger partial charge in [-0.1, -0.05) is 24.3 Å². The molecule has 4 heteroatoms. The highest BCUT2D eigenvalue weighted by Gasteiger charge is 2.19. The van der Waals surface area contributed by atoms with Gasteiger partial charge in [0.05, 0.1) is 0 Å². The quantitative estimate of drug-likeness (QED) is 0.829. The van der Waals surface area contributed by atoms with Crippen LogP contribution in [0.15, 0.2) is 42.5 Å². The summed E-state index contributed by atoms with van der Waals surface area (Å²) < 4.78 is 0. The number of anilines is 2. The Labute approximate surface area is 150 Å². The van der Waals surface area contributed by atoms with Crippen molar-refractivity contribution in [1.29, 1.82) is 0 Å². The Balaban J connectivity index is 1.61. The van der Waals surface area contributed by atoms with E-state index in [2.05, 4.69) is 78.4 Å². The van der Waals surface area contributed by atoms with Crippen LogP contribution in [0.1, 0.15) is 16.7 Å². The van der Waals surface area contributed by atoms with Crippen LogP contribution in [0.5, 0.6) is 0 Å². The average molecular weight is 340 g/mol. The second-order valence-electron chi connectivity index (χ2n) is 6.49. The van der Waals surface area contributed by atoms with Gasteiger partial charge < -0.3 is 15.1 Å². The van der Waals surface area contributed by atoms with E-state index in [0.29, 0.717) is 0 Å². The maximum atomic E-state index is 5.64. The van der Waals surface area contributed by atoms with E-state index in [1.165, 1.54) is 22.4 Å².